The second kappa shape index (κ2) is 11.0. The van der Waals surface area contributed by atoms with E-state index in [4.69, 9.17) is 4.43 Å². The van der Waals surface area contributed by atoms with E-state index in [2.05, 4.69) is 58.9 Å². The minimum atomic E-state index is -3.70. The van der Waals surface area contributed by atoms with Gasteiger partial charge in [0, 0.05) is 6.54 Å². The van der Waals surface area contributed by atoms with E-state index in [1.807, 2.05) is 42.5 Å². The molecule has 0 aliphatic carbocycles. The minimum Gasteiger partial charge on any atom is -0.394 e. The number of hydrogen-bond donors (Lipinski definition) is 0. The molecule has 0 bridgehead atoms. The molecule has 6 heteroatoms. The van der Waals surface area contributed by atoms with E-state index < -0.39 is 18.3 Å². The lowest BCUT2D eigenvalue weighted by atomic mass is 10.1. The summed E-state index contributed by atoms with van der Waals surface area (Å²) in [5, 5.41) is 2.04. The van der Waals surface area contributed by atoms with Crippen molar-refractivity contribution in [1.29, 1.82) is 0 Å². The maximum absolute atomic E-state index is 13.6. The SMILES string of the molecule is CC(C)CCN(CO[Si](c1ccccc1)(c1ccccc1)C(C)(C)C)S(=O)(=O)c1ccccc1. The smallest absolute Gasteiger partial charge is 0.262 e. The van der Waals surface area contributed by atoms with Crippen LogP contribution in [0.3, 0.4) is 0 Å². The van der Waals surface area contributed by atoms with Crippen molar-refractivity contribution >= 4 is 28.7 Å². The fourth-order valence-corrected chi connectivity index (χ4v) is 10.3. The van der Waals surface area contributed by atoms with Crippen molar-refractivity contribution in [2.45, 2.75) is 51.0 Å². The lowest BCUT2D eigenvalue weighted by Crippen LogP contribution is -2.67. The topological polar surface area (TPSA) is 46.6 Å². The van der Waals surface area contributed by atoms with Crippen LogP contribution in [0.2, 0.25) is 5.04 Å². The number of nitrogens with zero attached hydrogens (tertiary/aromatic N) is 1. The van der Waals surface area contributed by atoms with Gasteiger partial charge >= 0.3 is 0 Å². The van der Waals surface area contributed by atoms with Crippen LogP contribution in [0.1, 0.15) is 41.0 Å². The first-order valence-electron chi connectivity index (χ1n) is 11.9. The molecule has 3 rings (SSSR count). The van der Waals surface area contributed by atoms with Gasteiger partial charge in [0.15, 0.2) is 0 Å². The number of sulfonamides is 1. The van der Waals surface area contributed by atoms with Crippen molar-refractivity contribution in [3.63, 3.8) is 0 Å². The molecule has 3 aromatic rings. The lowest BCUT2D eigenvalue weighted by Gasteiger charge is -2.44. The maximum Gasteiger partial charge on any atom is 0.262 e. The van der Waals surface area contributed by atoms with Crippen molar-refractivity contribution in [2.75, 3.05) is 13.3 Å². The monoisotopic (exact) mass is 495 g/mol. The summed E-state index contributed by atoms with van der Waals surface area (Å²) in [4.78, 5) is 0.296. The predicted octanol–water partition coefficient (Wildman–Crippen LogP) is 5.26. The Kier molecular flexibility index (Phi) is 8.52. The van der Waals surface area contributed by atoms with E-state index in [1.54, 1.807) is 24.3 Å². The molecule has 34 heavy (non-hydrogen) atoms. The minimum absolute atomic E-state index is 0.0111. The third-order valence-corrected chi connectivity index (χ3v) is 13.0. The number of rotatable bonds is 10. The molecule has 0 N–H and O–H groups in total. The van der Waals surface area contributed by atoms with Crippen LogP contribution in [0.5, 0.6) is 0 Å². The number of hydrogen-bond acceptors (Lipinski definition) is 3. The van der Waals surface area contributed by atoms with Crippen molar-refractivity contribution < 1.29 is 12.8 Å². The van der Waals surface area contributed by atoms with Gasteiger partial charge in [-0.2, -0.15) is 4.31 Å². The van der Waals surface area contributed by atoms with Crippen LogP contribution >= 0.6 is 0 Å². The molecule has 182 valence electrons. The highest BCUT2D eigenvalue weighted by Gasteiger charge is 2.50. The summed E-state index contributed by atoms with van der Waals surface area (Å²) < 4.78 is 35.8. The predicted molar refractivity (Wildman–Crippen MR) is 143 cm³/mol. The Morgan fingerprint density at radius 3 is 1.65 bits per heavy atom. The normalized spacial score (nSPS) is 12.9. The van der Waals surface area contributed by atoms with Crippen LogP contribution < -0.4 is 10.4 Å². The summed E-state index contributed by atoms with van der Waals surface area (Å²) in [6.07, 6.45) is 0.760. The average molecular weight is 496 g/mol. The van der Waals surface area contributed by atoms with Gasteiger partial charge in [-0.15, -0.1) is 0 Å². The summed E-state index contributed by atoms with van der Waals surface area (Å²) in [6.45, 7) is 11.2. The third kappa shape index (κ3) is 5.69. The first-order chi connectivity index (χ1) is 16.1. The summed E-state index contributed by atoms with van der Waals surface area (Å²) in [7, 11) is -6.55. The Hall–Kier alpha value is -2.25. The van der Waals surface area contributed by atoms with Crippen molar-refractivity contribution in [2.24, 2.45) is 5.92 Å². The van der Waals surface area contributed by atoms with Crippen LogP contribution in [0.15, 0.2) is 95.9 Å². The van der Waals surface area contributed by atoms with Gasteiger partial charge in [-0.05, 0) is 39.9 Å². The van der Waals surface area contributed by atoms with Gasteiger partial charge in [0.2, 0.25) is 10.0 Å². The highest BCUT2D eigenvalue weighted by molar-refractivity contribution is 7.89. The highest BCUT2D eigenvalue weighted by atomic mass is 32.2. The van der Waals surface area contributed by atoms with Gasteiger partial charge in [0.05, 0.1) is 4.90 Å². The summed E-state index contributed by atoms with van der Waals surface area (Å²) >= 11 is 0. The zero-order valence-corrected chi connectivity index (χ0v) is 22.8. The zero-order valence-electron chi connectivity index (χ0n) is 20.9. The van der Waals surface area contributed by atoms with E-state index in [-0.39, 0.29) is 11.8 Å². The molecule has 0 radical (unpaired) electrons. The molecule has 0 fully saturated rings. The van der Waals surface area contributed by atoms with Crippen molar-refractivity contribution in [1.82, 2.24) is 4.31 Å². The summed E-state index contributed by atoms with van der Waals surface area (Å²) in [6, 6.07) is 29.3. The largest absolute Gasteiger partial charge is 0.394 e. The van der Waals surface area contributed by atoms with E-state index in [0.29, 0.717) is 17.4 Å². The van der Waals surface area contributed by atoms with Gasteiger partial charge in [-0.25, -0.2) is 8.42 Å². The summed E-state index contributed by atoms with van der Waals surface area (Å²) in [5.74, 6) is 0.376. The molecule has 0 saturated carbocycles. The average Bonchev–Trinajstić information content (AvgIpc) is 2.82. The van der Waals surface area contributed by atoms with Crippen LogP contribution in [0.4, 0.5) is 0 Å². The van der Waals surface area contributed by atoms with Crippen molar-refractivity contribution in [3.8, 4) is 0 Å². The quantitative estimate of drug-likeness (QED) is 0.285. The van der Waals surface area contributed by atoms with E-state index in [9.17, 15) is 8.42 Å². The maximum atomic E-state index is 13.6. The Labute approximate surface area is 206 Å². The second-order valence-corrected chi connectivity index (χ2v) is 16.4. The van der Waals surface area contributed by atoms with Gasteiger partial charge in [-0.1, -0.05) is 113 Å². The molecule has 0 aliphatic rings. The molecule has 0 spiro atoms. The van der Waals surface area contributed by atoms with Crippen LogP contribution in [-0.2, 0) is 14.4 Å². The molecular weight excluding hydrogens is 458 g/mol. The fourth-order valence-electron chi connectivity index (χ4n) is 4.33. The van der Waals surface area contributed by atoms with E-state index in [1.165, 1.54) is 4.31 Å². The molecule has 0 amide bonds. The molecular formula is C28H37NO3SSi. The lowest BCUT2D eigenvalue weighted by molar-refractivity contribution is 0.184. The second-order valence-electron chi connectivity index (χ2n) is 10.1. The molecule has 0 saturated heterocycles. The summed E-state index contributed by atoms with van der Waals surface area (Å²) in [5.41, 5.74) is 0. The van der Waals surface area contributed by atoms with Crippen LogP contribution in [0.25, 0.3) is 0 Å². The third-order valence-electron chi connectivity index (χ3n) is 6.18. The molecule has 0 atom stereocenters. The van der Waals surface area contributed by atoms with Gasteiger partial charge in [0.1, 0.15) is 6.73 Å². The Balaban J connectivity index is 2.08. The first kappa shape index (κ1) is 26.4. The van der Waals surface area contributed by atoms with E-state index in [0.717, 1.165) is 16.8 Å². The molecule has 0 heterocycles. The molecule has 3 aromatic carbocycles. The molecule has 0 aliphatic heterocycles. The standard InChI is InChI=1S/C28H37NO3SSi/c1-24(2)21-22-29(33(30,31)25-15-9-6-10-16-25)23-32-34(28(3,4)5,26-17-11-7-12-18-26)27-19-13-8-14-20-27/h6-20,24H,21-23H2,1-5H3. The first-order valence-corrected chi connectivity index (χ1v) is 15.2. The van der Waals surface area contributed by atoms with E-state index >= 15 is 0 Å². The Morgan fingerprint density at radius 2 is 1.24 bits per heavy atom. The van der Waals surface area contributed by atoms with Crippen molar-refractivity contribution in [3.05, 3.63) is 91.0 Å². The molecule has 0 aromatic heterocycles. The molecule has 0 unspecified atom stereocenters. The van der Waals surface area contributed by atoms with Gasteiger partial charge in [0.25, 0.3) is 8.32 Å². The van der Waals surface area contributed by atoms with Crippen LogP contribution in [0, 0.1) is 5.92 Å². The molecule has 4 nitrogen and oxygen atoms in total. The Bertz CT molecular complexity index is 1090. The number of benzene rings is 3. The van der Waals surface area contributed by atoms with Crippen LogP contribution in [-0.4, -0.2) is 34.3 Å². The highest BCUT2D eigenvalue weighted by Crippen LogP contribution is 2.37. The van der Waals surface area contributed by atoms with Gasteiger partial charge in [-0.3, -0.25) is 0 Å². The Morgan fingerprint density at radius 1 is 0.794 bits per heavy atom. The fraction of sp³-hybridized carbons (Fsp3) is 0.357. The zero-order chi connectivity index (χ0) is 24.8. The van der Waals surface area contributed by atoms with Gasteiger partial charge < -0.3 is 4.43 Å².